The van der Waals surface area contributed by atoms with Crippen LogP contribution in [0.3, 0.4) is 0 Å². The Hall–Kier alpha value is -2.82. The Bertz CT molecular complexity index is 902. The summed E-state index contributed by atoms with van der Waals surface area (Å²) in [4.78, 5) is 23.3. The summed E-state index contributed by atoms with van der Waals surface area (Å²) in [6.07, 6.45) is 1.49. The van der Waals surface area contributed by atoms with E-state index in [2.05, 4.69) is 43.2 Å². The number of carbonyl (C=O) groups is 2. The Kier molecular flexibility index (Phi) is 8.71. The molecule has 2 rings (SSSR count). The van der Waals surface area contributed by atoms with Crippen molar-refractivity contribution in [1.29, 1.82) is 0 Å². The molecule has 0 spiro atoms. The van der Waals surface area contributed by atoms with Crippen molar-refractivity contribution in [3.63, 3.8) is 0 Å². The van der Waals surface area contributed by atoms with Gasteiger partial charge in [0.05, 0.1) is 23.5 Å². The second kappa shape index (κ2) is 11.2. The first-order chi connectivity index (χ1) is 13.9. The molecular weight excluding hydrogens is 489 g/mol. The number of methoxy groups -OCH3 is 1. The molecule has 0 fully saturated rings. The van der Waals surface area contributed by atoms with Gasteiger partial charge in [-0.25, -0.2) is 15.0 Å². The number of ether oxygens (including phenoxy) is 3. The summed E-state index contributed by atoms with van der Waals surface area (Å²) in [5, 5.41) is 6.69. The van der Waals surface area contributed by atoms with Crippen molar-refractivity contribution in [2.24, 2.45) is 5.10 Å². The normalized spacial score (nSPS) is 10.5. The molecule has 0 bridgehead atoms. The molecule has 0 aliphatic rings. The van der Waals surface area contributed by atoms with Gasteiger partial charge in [-0.1, -0.05) is 18.2 Å². The second-order valence-electron chi connectivity index (χ2n) is 5.77. The summed E-state index contributed by atoms with van der Waals surface area (Å²) in [6, 6.07) is 10.5. The van der Waals surface area contributed by atoms with Gasteiger partial charge in [0.15, 0.2) is 18.1 Å². The molecule has 0 saturated carbocycles. The lowest BCUT2D eigenvalue weighted by atomic mass is 10.2. The maximum absolute atomic E-state index is 12.0. The molecule has 0 saturated heterocycles. The number of benzene rings is 2. The fourth-order valence-electron chi connectivity index (χ4n) is 2.28. The van der Waals surface area contributed by atoms with E-state index in [0.29, 0.717) is 29.4 Å². The van der Waals surface area contributed by atoms with E-state index in [1.54, 1.807) is 12.1 Å². The van der Waals surface area contributed by atoms with Crippen LogP contribution in [0.15, 0.2) is 41.5 Å². The number of hydrogen-bond acceptors (Lipinski definition) is 6. The number of halogens is 1. The number of nitrogens with zero attached hydrogens (tertiary/aromatic N) is 1. The molecule has 0 unspecified atom stereocenters. The smallest absolute Gasteiger partial charge is 0.343 e. The van der Waals surface area contributed by atoms with Crippen molar-refractivity contribution >= 4 is 46.5 Å². The van der Waals surface area contributed by atoms with Crippen molar-refractivity contribution in [3.05, 3.63) is 51.1 Å². The van der Waals surface area contributed by atoms with Gasteiger partial charge in [0, 0.05) is 5.69 Å². The van der Waals surface area contributed by atoms with Crippen LogP contribution in [0.1, 0.15) is 18.1 Å². The molecule has 0 aromatic heterocycles. The molecule has 0 heterocycles. The summed E-state index contributed by atoms with van der Waals surface area (Å²) < 4.78 is 16.4. The lowest BCUT2D eigenvalue weighted by molar-refractivity contribution is -0.142. The minimum atomic E-state index is -0.488. The third-order valence-electron chi connectivity index (χ3n) is 3.67. The van der Waals surface area contributed by atoms with Gasteiger partial charge < -0.3 is 19.5 Å². The molecule has 0 atom stereocenters. The van der Waals surface area contributed by atoms with Crippen LogP contribution in [0.25, 0.3) is 0 Å². The molecule has 9 heteroatoms. The highest BCUT2D eigenvalue weighted by atomic mass is 127. The molecule has 2 aromatic rings. The molecule has 0 radical (unpaired) electrons. The number of hydrazone groups is 1. The van der Waals surface area contributed by atoms with Crippen molar-refractivity contribution in [3.8, 4) is 11.5 Å². The number of aryl methyl sites for hydroxylation is 1. The van der Waals surface area contributed by atoms with E-state index < -0.39 is 12.0 Å². The van der Waals surface area contributed by atoms with Crippen LogP contribution in [-0.4, -0.2) is 38.5 Å². The number of rotatable bonds is 8. The Labute approximate surface area is 182 Å². The SMILES string of the molecule is CCOc1cc(C=NNC(=O)Nc2ccccc2C)cc(I)c1OCC(=O)OC. The molecule has 2 aromatic carbocycles. The summed E-state index contributed by atoms with van der Waals surface area (Å²) in [7, 11) is 1.29. The fraction of sp³-hybridized carbons (Fsp3) is 0.250. The molecule has 8 nitrogen and oxygen atoms in total. The van der Waals surface area contributed by atoms with Crippen LogP contribution in [-0.2, 0) is 9.53 Å². The first-order valence-corrected chi connectivity index (χ1v) is 9.84. The van der Waals surface area contributed by atoms with Gasteiger partial charge in [0.25, 0.3) is 0 Å². The fourth-order valence-corrected chi connectivity index (χ4v) is 3.07. The van der Waals surface area contributed by atoms with Crippen LogP contribution in [0.5, 0.6) is 11.5 Å². The van der Waals surface area contributed by atoms with Gasteiger partial charge in [0.2, 0.25) is 0 Å². The standard InChI is InChI=1S/C20H22IN3O5/c1-4-28-17-10-14(9-15(21)19(17)29-12-18(25)27-3)11-22-24-20(26)23-16-8-6-5-7-13(16)2/h5-11H,4,12H2,1-3H3,(H2,23,24,26). The zero-order valence-electron chi connectivity index (χ0n) is 16.3. The first-order valence-electron chi connectivity index (χ1n) is 8.76. The number of carbonyl (C=O) groups excluding carboxylic acids is 2. The minimum absolute atomic E-state index is 0.222. The van der Waals surface area contributed by atoms with Crippen molar-refractivity contribution in [2.45, 2.75) is 13.8 Å². The molecular formula is C20H22IN3O5. The number of hydrogen-bond donors (Lipinski definition) is 2. The van der Waals surface area contributed by atoms with Crippen LogP contribution in [0.4, 0.5) is 10.5 Å². The lowest BCUT2D eigenvalue weighted by Crippen LogP contribution is -2.24. The van der Waals surface area contributed by atoms with E-state index in [0.717, 1.165) is 9.13 Å². The first kappa shape index (κ1) is 22.5. The summed E-state index contributed by atoms with van der Waals surface area (Å²) >= 11 is 2.08. The van der Waals surface area contributed by atoms with Crippen LogP contribution >= 0.6 is 22.6 Å². The predicted molar refractivity (Wildman–Crippen MR) is 119 cm³/mol. The number of anilines is 1. The summed E-state index contributed by atoms with van der Waals surface area (Å²) in [6.45, 7) is 3.94. The Morgan fingerprint density at radius 1 is 1.21 bits per heavy atom. The molecule has 0 aliphatic heterocycles. The molecule has 0 aliphatic carbocycles. The summed E-state index contributed by atoms with van der Waals surface area (Å²) in [5.41, 5.74) is 4.78. The highest BCUT2D eigenvalue weighted by Gasteiger charge is 2.14. The number of esters is 1. The molecule has 154 valence electrons. The van der Waals surface area contributed by atoms with Gasteiger partial charge in [0.1, 0.15) is 0 Å². The molecule has 2 N–H and O–H groups in total. The third kappa shape index (κ3) is 6.93. The van der Waals surface area contributed by atoms with Gasteiger partial charge in [-0.05, 0) is 65.8 Å². The Balaban J connectivity index is 2.06. The lowest BCUT2D eigenvalue weighted by Gasteiger charge is -2.14. The van der Waals surface area contributed by atoms with Crippen molar-refractivity contribution < 1.29 is 23.8 Å². The zero-order chi connectivity index (χ0) is 21.2. The van der Waals surface area contributed by atoms with E-state index in [9.17, 15) is 9.59 Å². The Morgan fingerprint density at radius 3 is 2.66 bits per heavy atom. The number of para-hydroxylation sites is 1. The van der Waals surface area contributed by atoms with E-state index in [-0.39, 0.29) is 6.61 Å². The minimum Gasteiger partial charge on any atom is -0.490 e. The number of nitrogens with one attached hydrogen (secondary N) is 2. The Morgan fingerprint density at radius 2 is 1.97 bits per heavy atom. The van der Waals surface area contributed by atoms with Gasteiger partial charge in [-0.3, -0.25) is 0 Å². The van der Waals surface area contributed by atoms with Crippen LogP contribution in [0, 0.1) is 10.5 Å². The topological polar surface area (TPSA) is 98.3 Å². The highest BCUT2D eigenvalue weighted by molar-refractivity contribution is 14.1. The monoisotopic (exact) mass is 511 g/mol. The van der Waals surface area contributed by atoms with Crippen molar-refractivity contribution in [2.75, 3.05) is 25.6 Å². The van der Waals surface area contributed by atoms with Crippen LogP contribution < -0.4 is 20.2 Å². The van der Waals surface area contributed by atoms with Gasteiger partial charge in [-0.2, -0.15) is 5.10 Å². The van der Waals surface area contributed by atoms with E-state index in [1.165, 1.54) is 13.3 Å². The largest absolute Gasteiger partial charge is 0.490 e. The second-order valence-corrected chi connectivity index (χ2v) is 6.93. The van der Waals surface area contributed by atoms with Gasteiger partial charge >= 0.3 is 12.0 Å². The van der Waals surface area contributed by atoms with E-state index in [4.69, 9.17) is 9.47 Å². The van der Waals surface area contributed by atoms with E-state index in [1.807, 2.05) is 38.1 Å². The van der Waals surface area contributed by atoms with Crippen molar-refractivity contribution in [1.82, 2.24) is 5.43 Å². The maximum Gasteiger partial charge on any atom is 0.343 e. The number of amides is 2. The average Bonchev–Trinajstić information content (AvgIpc) is 2.69. The predicted octanol–water partition coefficient (Wildman–Crippen LogP) is 3.71. The number of urea groups is 1. The molecule has 2 amide bonds. The van der Waals surface area contributed by atoms with Crippen LogP contribution in [0.2, 0.25) is 0 Å². The maximum atomic E-state index is 12.0. The highest BCUT2D eigenvalue weighted by Crippen LogP contribution is 2.34. The van der Waals surface area contributed by atoms with Gasteiger partial charge in [-0.15, -0.1) is 0 Å². The third-order valence-corrected chi connectivity index (χ3v) is 4.47. The zero-order valence-corrected chi connectivity index (χ0v) is 18.5. The average molecular weight is 511 g/mol. The molecule has 29 heavy (non-hydrogen) atoms. The van der Waals surface area contributed by atoms with E-state index >= 15 is 0 Å². The summed E-state index contributed by atoms with van der Waals surface area (Å²) in [5.74, 6) is 0.423. The quantitative estimate of drug-likeness (QED) is 0.244.